The van der Waals surface area contributed by atoms with Gasteiger partial charge in [-0.2, -0.15) is 0 Å². The number of piperidine rings is 1. The van der Waals surface area contributed by atoms with Crippen LogP contribution >= 0.6 is 0 Å². The van der Waals surface area contributed by atoms with Gasteiger partial charge in [0, 0.05) is 19.0 Å². The zero-order chi connectivity index (χ0) is 10.6. The molecule has 1 fully saturated rings. The molecule has 0 aromatic heterocycles. The number of carbonyl (C=O) groups excluding carboxylic acids is 1. The predicted octanol–water partition coefficient (Wildman–Crippen LogP) is -0.0454. The number of hydrogen-bond donors (Lipinski definition) is 2. The van der Waals surface area contributed by atoms with Crippen LogP contribution in [0.2, 0.25) is 0 Å². The zero-order valence-electron chi connectivity index (χ0n) is 8.78. The highest BCUT2D eigenvalue weighted by Gasteiger charge is 2.28. The highest BCUT2D eigenvalue weighted by molar-refractivity contribution is 5.78. The molecule has 0 radical (unpaired) electrons. The summed E-state index contributed by atoms with van der Waals surface area (Å²) in [5.74, 6) is 0.238. The van der Waals surface area contributed by atoms with E-state index in [0.717, 1.165) is 12.8 Å². The number of amides is 1. The van der Waals surface area contributed by atoms with Crippen LogP contribution in [0.4, 0.5) is 0 Å². The minimum atomic E-state index is -0.239. The lowest BCUT2D eigenvalue weighted by Crippen LogP contribution is -2.47. The van der Waals surface area contributed by atoms with Crippen molar-refractivity contribution in [3.05, 3.63) is 0 Å². The maximum Gasteiger partial charge on any atom is 0.236 e. The second-order valence-corrected chi connectivity index (χ2v) is 3.95. The van der Waals surface area contributed by atoms with Gasteiger partial charge in [-0.15, -0.1) is 0 Å². The zero-order valence-corrected chi connectivity index (χ0v) is 8.78. The van der Waals surface area contributed by atoms with Crippen LogP contribution in [0.3, 0.4) is 0 Å². The first-order valence-electron chi connectivity index (χ1n) is 5.35. The molecule has 1 amide bonds. The number of rotatable bonds is 3. The maximum atomic E-state index is 11.3. The molecule has 1 aliphatic rings. The molecule has 4 heteroatoms. The minimum absolute atomic E-state index is 0.00185. The number of aliphatic hydroxyl groups excluding tert-OH is 1. The third kappa shape index (κ3) is 2.69. The lowest BCUT2D eigenvalue weighted by Gasteiger charge is -2.36. The van der Waals surface area contributed by atoms with Crippen molar-refractivity contribution < 1.29 is 9.90 Å². The molecule has 2 atom stereocenters. The summed E-state index contributed by atoms with van der Waals surface area (Å²) < 4.78 is 0. The maximum absolute atomic E-state index is 11.3. The lowest BCUT2D eigenvalue weighted by atomic mass is 9.91. The van der Waals surface area contributed by atoms with Crippen LogP contribution < -0.4 is 5.73 Å². The van der Waals surface area contributed by atoms with Gasteiger partial charge in [-0.3, -0.25) is 4.79 Å². The van der Waals surface area contributed by atoms with E-state index in [2.05, 4.69) is 6.92 Å². The summed E-state index contributed by atoms with van der Waals surface area (Å²) in [5, 5.41) is 9.70. The largest absolute Gasteiger partial charge is 0.393 e. The Hall–Kier alpha value is -0.610. The molecule has 1 heterocycles. The van der Waals surface area contributed by atoms with Crippen molar-refractivity contribution in [1.82, 2.24) is 4.90 Å². The van der Waals surface area contributed by atoms with Gasteiger partial charge in [-0.1, -0.05) is 13.3 Å². The van der Waals surface area contributed by atoms with Gasteiger partial charge in [0.2, 0.25) is 5.91 Å². The third-order valence-corrected chi connectivity index (χ3v) is 2.88. The number of aliphatic hydroxyl groups is 1. The number of likely N-dealkylation sites (tertiary alicyclic amines) is 1. The van der Waals surface area contributed by atoms with Crippen molar-refractivity contribution in [3.63, 3.8) is 0 Å². The Balaban J connectivity index is 2.48. The van der Waals surface area contributed by atoms with Crippen LogP contribution in [0.25, 0.3) is 0 Å². The lowest BCUT2D eigenvalue weighted by molar-refractivity contribution is -0.133. The normalized spacial score (nSPS) is 27.8. The SMILES string of the molecule is CCC[C@H]1CN(C(=O)CN)CC[C@@H]1O. The molecule has 4 nitrogen and oxygen atoms in total. The van der Waals surface area contributed by atoms with Crippen LogP contribution in [-0.4, -0.2) is 41.7 Å². The summed E-state index contributed by atoms with van der Waals surface area (Å²) in [7, 11) is 0. The fourth-order valence-electron chi connectivity index (χ4n) is 2.03. The number of carbonyl (C=O) groups is 1. The fourth-order valence-corrected chi connectivity index (χ4v) is 2.03. The number of hydrogen-bond acceptors (Lipinski definition) is 3. The van der Waals surface area contributed by atoms with Crippen LogP contribution in [0.5, 0.6) is 0 Å². The summed E-state index contributed by atoms with van der Waals surface area (Å²) in [6.07, 6.45) is 2.48. The van der Waals surface area contributed by atoms with E-state index < -0.39 is 0 Å². The van der Waals surface area contributed by atoms with Gasteiger partial charge >= 0.3 is 0 Å². The van der Waals surface area contributed by atoms with E-state index in [1.165, 1.54) is 0 Å². The molecule has 0 saturated carbocycles. The summed E-state index contributed by atoms with van der Waals surface area (Å²) >= 11 is 0. The van der Waals surface area contributed by atoms with Crippen molar-refractivity contribution in [2.75, 3.05) is 19.6 Å². The fraction of sp³-hybridized carbons (Fsp3) is 0.900. The molecule has 0 aromatic carbocycles. The standard InChI is InChI=1S/C10H20N2O2/c1-2-3-8-7-12(10(14)6-11)5-4-9(8)13/h8-9,13H,2-7,11H2,1H3/t8-,9-/m0/s1. The molecule has 14 heavy (non-hydrogen) atoms. The predicted molar refractivity (Wildman–Crippen MR) is 54.7 cm³/mol. The summed E-state index contributed by atoms with van der Waals surface area (Å²) in [5.41, 5.74) is 5.30. The van der Waals surface area contributed by atoms with Gasteiger partial charge < -0.3 is 15.7 Å². The molecule has 0 spiro atoms. The average Bonchev–Trinajstić information content (AvgIpc) is 2.20. The van der Waals surface area contributed by atoms with Gasteiger partial charge in [0.05, 0.1) is 12.6 Å². The second kappa shape index (κ2) is 5.32. The van der Waals surface area contributed by atoms with E-state index in [1.54, 1.807) is 4.90 Å². The van der Waals surface area contributed by atoms with E-state index in [9.17, 15) is 9.90 Å². The first-order chi connectivity index (χ1) is 6.69. The molecule has 1 aliphatic heterocycles. The van der Waals surface area contributed by atoms with Crippen LogP contribution in [0.1, 0.15) is 26.2 Å². The molecule has 3 N–H and O–H groups in total. The second-order valence-electron chi connectivity index (χ2n) is 3.95. The van der Waals surface area contributed by atoms with Crippen molar-refractivity contribution >= 4 is 5.91 Å². The van der Waals surface area contributed by atoms with Gasteiger partial charge in [-0.25, -0.2) is 0 Å². The van der Waals surface area contributed by atoms with Crippen molar-refractivity contribution in [1.29, 1.82) is 0 Å². The average molecular weight is 200 g/mol. The van der Waals surface area contributed by atoms with Gasteiger partial charge in [0.15, 0.2) is 0 Å². The highest BCUT2D eigenvalue weighted by atomic mass is 16.3. The Morgan fingerprint density at radius 1 is 1.64 bits per heavy atom. The van der Waals surface area contributed by atoms with Gasteiger partial charge in [-0.05, 0) is 12.8 Å². The smallest absolute Gasteiger partial charge is 0.236 e. The highest BCUT2D eigenvalue weighted by Crippen LogP contribution is 2.21. The van der Waals surface area contributed by atoms with E-state index in [4.69, 9.17) is 5.73 Å². The third-order valence-electron chi connectivity index (χ3n) is 2.88. The molecular formula is C10H20N2O2. The Morgan fingerprint density at radius 2 is 2.36 bits per heavy atom. The summed E-state index contributed by atoms with van der Waals surface area (Å²) in [4.78, 5) is 13.1. The molecule has 1 saturated heterocycles. The van der Waals surface area contributed by atoms with Crippen molar-refractivity contribution in [2.24, 2.45) is 11.7 Å². The van der Waals surface area contributed by atoms with Crippen LogP contribution in [-0.2, 0) is 4.79 Å². The summed E-state index contributed by atoms with van der Waals surface area (Å²) in [6.45, 7) is 3.49. The Kier molecular flexibility index (Phi) is 4.35. The summed E-state index contributed by atoms with van der Waals surface area (Å²) in [6, 6.07) is 0. The first-order valence-corrected chi connectivity index (χ1v) is 5.35. The van der Waals surface area contributed by atoms with Crippen molar-refractivity contribution in [3.8, 4) is 0 Å². The molecule has 82 valence electrons. The Morgan fingerprint density at radius 3 is 2.93 bits per heavy atom. The van der Waals surface area contributed by atoms with Gasteiger partial charge in [0.1, 0.15) is 0 Å². The van der Waals surface area contributed by atoms with Crippen molar-refractivity contribution in [2.45, 2.75) is 32.3 Å². The molecule has 0 bridgehead atoms. The van der Waals surface area contributed by atoms with Crippen LogP contribution in [0.15, 0.2) is 0 Å². The first kappa shape index (κ1) is 11.5. The monoisotopic (exact) mass is 200 g/mol. The Labute approximate surface area is 85.1 Å². The van der Waals surface area contributed by atoms with Gasteiger partial charge in [0.25, 0.3) is 0 Å². The molecule has 0 aromatic rings. The molecule has 0 aliphatic carbocycles. The Bertz CT molecular complexity index is 197. The topological polar surface area (TPSA) is 66.6 Å². The number of nitrogens with two attached hydrogens (primary N) is 1. The molecule has 1 rings (SSSR count). The van der Waals surface area contributed by atoms with E-state index >= 15 is 0 Å². The minimum Gasteiger partial charge on any atom is -0.393 e. The quantitative estimate of drug-likeness (QED) is 0.671. The van der Waals surface area contributed by atoms with E-state index in [1.807, 2.05) is 0 Å². The number of nitrogens with zero attached hydrogens (tertiary/aromatic N) is 1. The van der Waals surface area contributed by atoms with E-state index in [-0.39, 0.29) is 24.5 Å². The van der Waals surface area contributed by atoms with Crippen LogP contribution in [0, 0.1) is 5.92 Å². The molecule has 0 unspecified atom stereocenters. The molecular weight excluding hydrogens is 180 g/mol. The van der Waals surface area contributed by atoms with E-state index in [0.29, 0.717) is 19.5 Å².